The highest BCUT2D eigenvalue weighted by atomic mass is 19.1. The fraction of sp³-hybridized carbons (Fsp3) is 0.500. The summed E-state index contributed by atoms with van der Waals surface area (Å²) in [5.74, 6) is 0. The number of halogens is 1. The molecular weight excluding hydrogens is 193 g/mol. The molecule has 2 nitrogen and oxygen atoms in total. The number of rotatable bonds is 6. The molecule has 1 aromatic rings. The van der Waals surface area contributed by atoms with Crippen LogP contribution in [-0.4, -0.2) is 24.3 Å². The normalized spacial score (nSPS) is 12.7. The van der Waals surface area contributed by atoms with Gasteiger partial charge in [0.05, 0.1) is 6.61 Å². The van der Waals surface area contributed by atoms with E-state index in [1.807, 2.05) is 18.2 Å². The molecule has 1 atom stereocenters. The largest absolute Gasteiger partial charge is 0.395 e. The fourth-order valence-corrected chi connectivity index (χ4v) is 1.58. The molecule has 0 aromatic heterocycles. The number of hydrogen-bond acceptors (Lipinski definition) is 2. The lowest BCUT2D eigenvalue weighted by molar-refractivity contribution is 0.285. The van der Waals surface area contributed by atoms with E-state index in [2.05, 4.69) is 12.2 Å². The summed E-state index contributed by atoms with van der Waals surface area (Å²) in [7, 11) is 0. The van der Waals surface area contributed by atoms with Gasteiger partial charge in [0.1, 0.15) is 6.67 Å². The highest BCUT2D eigenvalue weighted by molar-refractivity contribution is 5.23. The number of nitrogens with one attached hydrogen (secondary N) is 1. The number of benzene rings is 1. The summed E-state index contributed by atoms with van der Waals surface area (Å²) >= 11 is 0. The first-order valence-electron chi connectivity index (χ1n) is 5.24. The van der Waals surface area contributed by atoms with Crippen LogP contribution in [0.3, 0.4) is 0 Å². The summed E-state index contributed by atoms with van der Waals surface area (Å²) in [6.07, 6.45) is 0.855. The first kappa shape index (κ1) is 12.1. The van der Waals surface area contributed by atoms with Crippen molar-refractivity contribution >= 4 is 0 Å². The molecule has 0 radical (unpaired) electrons. The molecular formula is C12H18FNO. The minimum Gasteiger partial charge on any atom is -0.395 e. The van der Waals surface area contributed by atoms with Crippen molar-refractivity contribution < 1.29 is 9.50 Å². The van der Waals surface area contributed by atoms with Gasteiger partial charge in [0.15, 0.2) is 0 Å². The quantitative estimate of drug-likeness (QED) is 0.750. The minimum atomic E-state index is -0.410. The van der Waals surface area contributed by atoms with E-state index >= 15 is 0 Å². The third kappa shape index (κ3) is 4.40. The Hall–Kier alpha value is -0.930. The highest BCUT2D eigenvalue weighted by Gasteiger charge is 2.02. The van der Waals surface area contributed by atoms with Gasteiger partial charge in [-0.3, -0.25) is 0 Å². The van der Waals surface area contributed by atoms with Crippen LogP contribution in [-0.2, 0) is 13.1 Å². The molecule has 1 unspecified atom stereocenters. The molecule has 15 heavy (non-hydrogen) atoms. The Morgan fingerprint density at radius 2 is 2.13 bits per heavy atom. The molecule has 1 aromatic carbocycles. The maximum absolute atomic E-state index is 12.4. The van der Waals surface area contributed by atoms with E-state index in [4.69, 9.17) is 5.11 Å². The third-order valence-electron chi connectivity index (χ3n) is 2.29. The number of aliphatic hydroxyl groups is 1. The molecule has 0 fully saturated rings. The van der Waals surface area contributed by atoms with Crippen LogP contribution in [0.1, 0.15) is 18.1 Å². The monoisotopic (exact) mass is 211 g/mol. The van der Waals surface area contributed by atoms with Gasteiger partial charge in [0, 0.05) is 12.6 Å². The van der Waals surface area contributed by atoms with Crippen LogP contribution in [0.4, 0.5) is 4.39 Å². The average molecular weight is 211 g/mol. The van der Waals surface area contributed by atoms with Gasteiger partial charge in [-0.25, -0.2) is 4.39 Å². The predicted molar refractivity (Wildman–Crippen MR) is 59.5 cm³/mol. The molecule has 0 saturated heterocycles. The van der Waals surface area contributed by atoms with Crippen molar-refractivity contribution in [3.05, 3.63) is 35.4 Å². The first-order chi connectivity index (χ1) is 7.26. The van der Waals surface area contributed by atoms with E-state index in [1.165, 1.54) is 0 Å². The Bertz CT molecular complexity index is 291. The molecule has 2 N–H and O–H groups in total. The smallest absolute Gasteiger partial charge is 0.115 e. The summed E-state index contributed by atoms with van der Waals surface area (Å²) < 4.78 is 12.4. The zero-order valence-corrected chi connectivity index (χ0v) is 9.04. The van der Waals surface area contributed by atoms with Gasteiger partial charge in [-0.1, -0.05) is 24.3 Å². The Labute approximate surface area is 90.1 Å². The zero-order chi connectivity index (χ0) is 11.1. The van der Waals surface area contributed by atoms with Crippen LogP contribution in [0, 0.1) is 0 Å². The van der Waals surface area contributed by atoms with E-state index in [0.29, 0.717) is 12.6 Å². The average Bonchev–Trinajstić information content (AvgIpc) is 2.26. The lowest BCUT2D eigenvalue weighted by atomic mass is 10.0. The maximum Gasteiger partial charge on any atom is 0.115 e. The van der Waals surface area contributed by atoms with Gasteiger partial charge in [-0.15, -0.1) is 0 Å². The highest BCUT2D eigenvalue weighted by Crippen LogP contribution is 2.08. The molecule has 3 heteroatoms. The van der Waals surface area contributed by atoms with Gasteiger partial charge in [0.25, 0.3) is 0 Å². The van der Waals surface area contributed by atoms with E-state index < -0.39 is 6.67 Å². The summed E-state index contributed by atoms with van der Waals surface area (Å²) in [6.45, 7) is 2.39. The van der Waals surface area contributed by atoms with Crippen molar-refractivity contribution in [3.63, 3.8) is 0 Å². The first-order valence-corrected chi connectivity index (χ1v) is 5.24. The lowest BCUT2D eigenvalue weighted by Gasteiger charge is -2.13. The summed E-state index contributed by atoms with van der Waals surface area (Å²) in [4.78, 5) is 0. The maximum atomic E-state index is 12.4. The molecule has 0 saturated carbocycles. The van der Waals surface area contributed by atoms with Gasteiger partial charge in [-0.2, -0.15) is 0 Å². The van der Waals surface area contributed by atoms with E-state index in [0.717, 1.165) is 17.5 Å². The third-order valence-corrected chi connectivity index (χ3v) is 2.29. The fourth-order valence-electron chi connectivity index (χ4n) is 1.58. The van der Waals surface area contributed by atoms with Crippen molar-refractivity contribution in [3.8, 4) is 0 Å². The van der Waals surface area contributed by atoms with Crippen molar-refractivity contribution in [2.45, 2.75) is 26.1 Å². The summed E-state index contributed by atoms with van der Waals surface area (Å²) in [5, 5.41) is 11.8. The lowest BCUT2D eigenvalue weighted by Crippen LogP contribution is -2.30. The molecule has 0 heterocycles. The van der Waals surface area contributed by atoms with Crippen LogP contribution in [0.25, 0.3) is 0 Å². The molecule has 0 aliphatic rings. The SMILES string of the molecule is CC(Cc1cccc(CF)c1)NCCO. The Morgan fingerprint density at radius 1 is 1.40 bits per heavy atom. The second-order valence-electron chi connectivity index (χ2n) is 3.74. The molecule has 0 bridgehead atoms. The van der Waals surface area contributed by atoms with E-state index in [9.17, 15) is 4.39 Å². The van der Waals surface area contributed by atoms with Crippen LogP contribution in [0.2, 0.25) is 0 Å². The van der Waals surface area contributed by atoms with Crippen LogP contribution >= 0.6 is 0 Å². The van der Waals surface area contributed by atoms with Crippen molar-refractivity contribution in [2.24, 2.45) is 0 Å². The molecule has 0 spiro atoms. The van der Waals surface area contributed by atoms with Gasteiger partial charge in [0.2, 0.25) is 0 Å². The van der Waals surface area contributed by atoms with Crippen molar-refractivity contribution in [1.29, 1.82) is 0 Å². The van der Waals surface area contributed by atoms with Crippen LogP contribution in [0.15, 0.2) is 24.3 Å². The number of aliphatic hydroxyl groups excluding tert-OH is 1. The zero-order valence-electron chi connectivity index (χ0n) is 9.04. The van der Waals surface area contributed by atoms with Gasteiger partial charge >= 0.3 is 0 Å². The van der Waals surface area contributed by atoms with E-state index in [1.54, 1.807) is 6.07 Å². The van der Waals surface area contributed by atoms with E-state index in [-0.39, 0.29) is 6.61 Å². The van der Waals surface area contributed by atoms with Gasteiger partial charge < -0.3 is 10.4 Å². The topological polar surface area (TPSA) is 32.3 Å². The summed E-state index contributed by atoms with van der Waals surface area (Å²) in [6, 6.07) is 7.85. The second-order valence-corrected chi connectivity index (χ2v) is 3.74. The van der Waals surface area contributed by atoms with Crippen LogP contribution < -0.4 is 5.32 Å². The summed E-state index contributed by atoms with van der Waals surface area (Å²) in [5.41, 5.74) is 1.85. The van der Waals surface area contributed by atoms with Crippen molar-refractivity contribution in [2.75, 3.05) is 13.2 Å². The molecule has 1 rings (SSSR count). The number of hydrogen-bond donors (Lipinski definition) is 2. The Morgan fingerprint density at radius 3 is 2.80 bits per heavy atom. The molecule has 84 valence electrons. The molecule has 0 amide bonds. The molecule has 0 aliphatic heterocycles. The predicted octanol–water partition coefficient (Wildman–Crippen LogP) is 1.67. The standard InChI is InChI=1S/C12H18FNO/c1-10(14-5-6-15)7-11-3-2-4-12(8-11)9-13/h2-4,8,10,14-15H,5-7,9H2,1H3. The van der Waals surface area contributed by atoms with Crippen molar-refractivity contribution in [1.82, 2.24) is 5.32 Å². The second kappa shape index (κ2) is 6.53. The minimum absolute atomic E-state index is 0.148. The van der Waals surface area contributed by atoms with Gasteiger partial charge in [-0.05, 0) is 24.5 Å². The molecule has 0 aliphatic carbocycles. The number of alkyl halides is 1. The van der Waals surface area contributed by atoms with Crippen LogP contribution in [0.5, 0.6) is 0 Å². The Balaban J connectivity index is 2.48. The Kier molecular flexibility index (Phi) is 5.29.